The molecule has 2 N–H and O–H groups in total. The fourth-order valence-corrected chi connectivity index (χ4v) is 2.59. The van der Waals surface area contributed by atoms with E-state index in [-0.39, 0.29) is 6.03 Å². The van der Waals surface area contributed by atoms with Crippen LogP contribution in [-0.2, 0) is 6.42 Å². The van der Waals surface area contributed by atoms with Gasteiger partial charge in [0.2, 0.25) is 0 Å². The molecule has 2 aromatic carbocycles. The molecule has 128 valence electrons. The van der Waals surface area contributed by atoms with Crippen molar-refractivity contribution in [1.82, 2.24) is 15.1 Å². The normalized spacial score (nSPS) is 10.5. The Bertz CT molecular complexity index is 839. The monoisotopic (exact) mass is 334 g/mol. The van der Waals surface area contributed by atoms with Gasteiger partial charge in [0, 0.05) is 24.6 Å². The molecule has 1 heterocycles. The van der Waals surface area contributed by atoms with Crippen LogP contribution >= 0.6 is 0 Å². The van der Waals surface area contributed by atoms with Gasteiger partial charge >= 0.3 is 6.03 Å². The fraction of sp³-hybridized carbons (Fsp3) is 0.200. The number of aryl methyl sites for hydroxylation is 2. The number of anilines is 1. The molecule has 0 unspecified atom stereocenters. The highest BCUT2D eigenvalue weighted by molar-refractivity contribution is 5.90. The molecule has 2 amide bonds. The topological polar surface area (TPSA) is 59.0 Å². The van der Waals surface area contributed by atoms with Gasteiger partial charge in [0.25, 0.3) is 0 Å². The largest absolute Gasteiger partial charge is 0.338 e. The van der Waals surface area contributed by atoms with Crippen LogP contribution in [0.3, 0.4) is 0 Å². The average Bonchev–Trinajstić information content (AvgIpc) is 3.13. The van der Waals surface area contributed by atoms with Gasteiger partial charge in [-0.1, -0.05) is 24.3 Å². The van der Waals surface area contributed by atoms with E-state index in [1.165, 1.54) is 5.56 Å². The zero-order chi connectivity index (χ0) is 17.6. The van der Waals surface area contributed by atoms with Crippen LogP contribution < -0.4 is 10.6 Å². The molecule has 0 radical (unpaired) electrons. The summed E-state index contributed by atoms with van der Waals surface area (Å²) in [5, 5.41) is 10.0. The number of carbonyl (C=O) groups excluding carboxylic acids is 1. The average molecular weight is 334 g/mol. The summed E-state index contributed by atoms with van der Waals surface area (Å²) >= 11 is 0. The zero-order valence-corrected chi connectivity index (χ0v) is 14.5. The van der Waals surface area contributed by atoms with Crippen molar-refractivity contribution in [2.75, 3.05) is 11.9 Å². The lowest BCUT2D eigenvalue weighted by Crippen LogP contribution is -2.30. The first-order valence-corrected chi connectivity index (χ1v) is 8.33. The van der Waals surface area contributed by atoms with Crippen molar-refractivity contribution in [1.29, 1.82) is 0 Å². The third-order valence-electron chi connectivity index (χ3n) is 4.05. The second-order valence-corrected chi connectivity index (χ2v) is 6.07. The fourth-order valence-electron chi connectivity index (χ4n) is 2.59. The molecule has 5 nitrogen and oxygen atoms in total. The number of carbonyl (C=O) groups is 1. The summed E-state index contributed by atoms with van der Waals surface area (Å²) in [7, 11) is 0. The maximum atomic E-state index is 12.0. The molecular formula is C20H22N4O. The standard InChI is InChI=1S/C20H22N4O/c1-15-4-5-16(2)19(14-15)23-20(25)21-12-10-17-6-8-18(9-7-17)24-13-3-11-22-24/h3-9,11,13-14H,10,12H2,1-2H3,(H2,21,23,25). The van der Waals surface area contributed by atoms with Crippen LogP contribution in [0.25, 0.3) is 5.69 Å². The highest BCUT2D eigenvalue weighted by atomic mass is 16.2. The molecule has 0 fully saturated rings. The lowest BCUT2D eigenvalue weighted by atomic mass is 10.1. The zero-order valence-electron chi connectivity index (χ0n) is 14.5. The van der Waals surface area contributed by atoms with E-state index >= 15 is 0 Å². The number of benzene rings is 2. The maximum absolute atomic E-state index is 12.0. The Morgan fingerprint density at radius 2 is 1.92 bits per heavy atom. The van der Waals surface area contributed by atoms with Crippen LogP contribution in [0.4, 0.5) is 10.5 Å². The molecule has 0 aliphatic heterocycles. The van der Waals surface area contributed by atoms with Crippen molar-refractivity contribution in [3.05, 3.63) is 77.6 Å². The van der Waals surface area contributed by atoms with E-state index in [1.807, 2.05) is 61.1 Å². The van der Waals surface area contributed by atoms with E-state index < -0.39 is 0 Å². The number of aromatic nitrogens is 2. The summed E-state index contributed by atoms with van der Waals surface area (Å²) in [6, 6.07) is 15.9. The van der Waals surface area contributed by atoms with Gasteiger partial charge in [-0.15, -0.1) is 0 Å². The second-order valence-electron chi connectivity index (χ2n) is 6.07. The summed E-state index contributed by atoms with van der Waals surface area (Å²) in [5.41, 5.74) is 5.21. The SMILES string of the molecule is Cc1ccc(C)c(NC(=O)NCCc2ccc(-n3cccn3)cc2)c1. The highest BCUT2D eigenvalue weighted by Gasteiger charge is 2.04. The maximum Gasteiger partial charge on any atom is 0.319 e. The van der Waals surface area contributed by atoms with E-state index in [2.05, 4.69) is 27.9 Å². The van der Waals surface area contributed by atoms with Crippen molar-refractivity contribution in [3.8, 4) is 5.69 Å². The molecule has 0 aliphatic rings. The summed E-state index contributed by atoms with van der Waals surface area (Å²) in [6.45, 7) is 4.57. The van der Waals surface area contributed by atoms with Crippen LogP contribution in [0.15, 0.2) is 60.9 Å². The summed E-state index contributed by atoms with van der Waals surface area (Å²) in [4.78, 5) is 12.0. The number of nitrogens with one attached hydrogen (secondary N) is 2. The van der Waals surface area contributed by atoms with Crippen molar-refractivity contribution >= 4 is 11.7 Å². The molecule has 1 aromatic heterocycles. The number of hydrogen-bond acceptors (Lipinski definition) is 2. The Hall–Kier alpha value is -3.08. The number of nitrogens with zero attached hydrogens (tertiary/aromatic N) is 2. The van der Waals surface area contributed by atoms with Gasteiger partial charge in [-0.2, -0.15) is 5.10 Å². The minimum atomic E-state index is -0.179. The lowest BCUT2D eigenvalue weighted by molar-refractivity contribution is 0.252. The molecule has 25 heavy (non-hydrogen) atoms. The first-order valence-electron chi connectivity index (χ1n) is 8.33. The van der Waals surface area contributed by atoms with Gasteiger partial charge in [-0.05, 0) is 61.2 Å². The van der Waals surface area contributed by atoms with E-state index in [0.717, 1.165) is 28.9 Å². The highest BCUT2D eigenvalue weighted by Crippen LogP contribution is 2.16. The van der Waals surface area contributed by atoms with E-state index in [4.69, 9.17) is 0 Å². The first-order chi connectivity index (χ1) is 12.1. The van der Waals surface area contributed by atoms with E-state index in [0.29, 0.717) is 6.54 Å². The van der Waals surface area contributed by atoms with Crippen molar-refractivity contribution < 1.29 is 4.79 Å². The van der Waals surface area contributed by atoms with Crippen LogP contribution in [0, 0.1) is 13.8 Å². The molecule has 0 spiro atoms. The molecule has 0 saturated carbocycles. The Morgan fingerprint density at radius 1 is 1.12 bits per heavy atom. The van der Waals surface area contributed by atoms with E-state index in [9.17, 15) is 4.79 Å². The van der Waals surface area contributed by atoms with Gasteiger partial charge in [0.15, 0.2) is 0 Å². The molecule has 0 bridgehead atoms. The number of rotatable bonds is 5. The summed E-state index contributed by atoms with van der Waals surface area (Å²) in [6.07, 6.45) is 4.44. The van der Waals surface area contributed by atoms with Crippen LogP contribution in [-0.4, -0.2) is 22.4 Å². The molecule has 3 rings (SSSR count). The second kappa shape index (κ2) is 7.66. The van der Waals surface area contributed by atoms with Gasteiger partial charge < -0.3 is 10.6 Å². The predicted molar refractivity (Wildman–Crippen MR) is 100 cm³/mol. The Balaban J connectivity index is 1.49. The third kappa shape index (κ3) is 4.47. The lowest BCUT2D eigenvalue weighted by Gasteiger charge is -2.11. The van der Waals surface area contributed by atoms with Gasteiger partial charge in [-0.3, -0.25) is 0 Å². The molecular weight excluding hydrogens is 312 g/mol. The number of urea groups is 1. The Kier molecular flexibility index (Phi) is 5.14. The van der Waals surface area contributed by atoms with Gasteiger partial charge in [-0.25, -0.2) is 9.48 Å². The quantitative estimate of drug-likeness (QED) is 0.744. The summed E-state index contributed by atoms with van der Waals surface area (Å²) in [5.74, 6) is 0. The van der Waals surface area contributed by atoms with Crippen LogP contribution in [0.2, 0.25) is 0 Å². The van der Waals surface area contributed by atoms with E-state index in [1.54, 1.807) is 6.20 Å². The Labute approximate surface area is 147 Å². The smallest absolute Gasteiger partial charge is 0.319 e. The predicted octanol–water partition coefficient (Wildman–Crippen LogP) is 3.85. The third-order valence-corrected chi connectivity index (χ3v) is 4.05. The molecule has 0 saturated heterocycles. The molecule has 5 heteroatoms. The number of amides is 2. The van der Waals surface area contributed by atoms with Gasteiger partial charge in [0.05, 0.1) is 5.69 Å². The van der Waals surface area contributed by atoms with Crippen LogP contribution in [0.1, 0.15) is 16.7 Å². The van der Waals surface area contributed by atoms with Gasteiger partial charge in [0.1, 0.15) is 0 Å². The Morgan fingerprint density at radius 3 is 2.64 bits per heavy atom. The minimum Gasteiger partial charge on any atom is -0.338 e. The minimum absolute atomic E-state index is 0.179. The summed E-state index contributed by atoms with van der Waals surface area (Å²) < 4.78 is 1.82. The van der Waals surface area contributed by atoms with Crippen molar-refractivity contribution in [2.45, 2.75) is 20.3 Å². The van der Waals surface area contributed by atoms with Crippen molar-refractivity contribution in [2.24, 2.45) is 0 Å². The molecule has 0 aliphatic carbocycles. The molecule has 0 atom stereocenters. The number of hydrogen-bond donors (Lipinski definition) is 2. The van der Waals surface area contributed by atoms with Crippen molar-refractivity contribution in [3.63, 3.8) is 0 Å². The van der Waals surface area contributed by atoms with Crippen LogP contribution in [0.5, 0.6) is 0 Å². The first kappa shape index (κ1) is 16.8. The molecule has 3 aromatic rings.